The molecular weight excluding hydrogens is 266 g/mol. The number of nitrogens with two attached hydrogens (primary N) is 1. The Bertz CT molecular complexity index is 612. The Balaban J connectivity index is 1.82. The molecule has 0 bridgehead atoms. The number of hydrogen-bond donors (Lipinski definition) is 1. The van der Waals surface area contributed by atoms with E-state index in [1.807, 2.05) is 0 Å². The summed E-state index contributed by atoms with van der Waals surface area (Å²) in [5, 5.41) is 4.00. The second-order valence-corrected chi connectivity index (χ2v) is 5.57. The van der Waals surface area contributed by atoms with Crippen LogP contribution in [-0.4, -0.2) is 34.7 Å². The highest BCUT2D eigenvalue weighted by Gasteiger charge is 2.24. The number of fused-ring (bicyclic) bond motifs is 1. The highest BCUT2D eigenvalue weighted by atomic mass is 16.5. The SMILES string of the molecule is CC1CN(C)c2ccccc2CN1Cc1noc(CN)n1. The van der Waals surface area contributed by atoms with Crippen LogP contribution in [0.1, 0.15) is 24.2 Å². The molecule has 6 nitrogen and oxygen atoms in total. The Hall–Kier alpha value is -1.92. The van der Waals surface area contributed by atoms with Gasteiger partial charge in [0.1, 0.15) is 0 Å². The third-order valence-electron chi connectivity index (χ3n) is 3.97. The molecule has 21 heavy (non-hydrogen) atoms. The van der Waals surface area contributed by atoms with E-state index in [4.69, 9.17) is 10.3 Å². The van der Waals surface area contributed by atoms with Gasteiger partial charge >= 0.3 is 0 Å². The lowest BCUT2D eigenvalue weighted by molar-refractivity contribution is 0.192. The Labute approximate surface area is 124 Å². The van der Waals surface area contributed by atoms with E-state index >= 15 is 0 Å². The summed E-state index contributed by atoms with van der Waals surface area (Å²) in [5.74, 6) is 1.19. The minimum absolute atomic E-state index is 0.286. The summed E-state index contributed by atoms with van der Waals surface area (Å²) in [6.07, 6.45) is 0. The Morgan fingerprint density at radius 3 is 2.95 bits per heavy atom. The van der Waals surface area contributed by atoms with Crippen LogP contribution in [0.5, 0.6) is 0 Å². The fourth-order valence-corrected chi connectivity index (χ4v) is 2.83. The normalized spacial score (nSPS) is 19.4. The summed E-state index contributed by atoms with van der Waals surface area (Å²) in [6, 6.07) is 8.93. The van der Waals surface area contributed by atoms with Crippen molar-refractivity contribution in [3.8, 4) is 0 Å². The molecule has 2 heterocycles. The molecule has 1 atom stereocenters. The summed E-state index contributed by atoms with van der Waals surface area (Å²) in [6.45, 7) is 5.04. The van der Waals surface area contributed by atoms with Gasteiger partial charge in [0.05, 0.1) is 13.1 Å². The molecule has 1 aliphatic heterocycles. The molecule has 1 unspecified atom stereocenters. The molecule has 0 fully saturated rings. The van der Waals surface area contributed by atoms with Crippen LogP contribution in [0.4, 0.5) is 5.69 Å². The Morgan fingerprint density at radius 1 is 1.38 bits per heavy atom. The van der Waals surface area contributed by atoms with E-state index in [-0.39, 0.29) is 6.54 Å². The molecule has 1 aromatic heterocycles. The third-order valence-corrected chi connectivity index (χ3v) is 3.97. The number of likely N-dealkylation sites (N-methyl/N-ethyl adjacent to an activating group) is 1. The van der Waals surface area contributed by atoms with Gasteiger partial charge < -0.3 is 15.2 Å². The van der Waals surface area contributed by atoms with Crippen LogP contribution in [-0.2, 0) is 19.6 Å². The predicted molar refractivity (Wildman–Crippen MR) is 80.6 cm³/mol. The van der Waals surface area contributed by atoms with E-state index in [0.29, 0.717) is 24.3 Å². The standard InChI is InChI=1S/C15H21N5O/c1-11-8-19(2)13-6-4-3-5-12(13)9-20(11)10-14-17-15(7-16)21-18-14/h3-6,11H,7-10,16H2,1-2H3. The number of rotatable bonds is 3. The lowest BCUT2D eigenvalue weighted by atomic mass is 10.1. The first-order chi connectivity index (χ1) is 10.2. The summed E-state index contributed by atoms with van der Waals surface area (Å²) >= 11 is 0. The van der Waals surface area contributed by atoms with Gasteiger partial charge in [-0.25, -0.2) is 0 Å². The molecule has 6 heteroatoms. The Morgan fingerprint density at radius 2 is 2.19 bits per heavy atom. The van der Waals surface area contributed by atoms with Crippen molar-refractivity contribution in [2.75, 3.05) is 18.5 Å². The zero-order valence-electron chi connectivity index (χ0n) is 12.5. The van der Waals surface area contributed by atoms with Gasteiger partial charge in [0.25, 0.3) is 0 Å². The maximum Gasteiger partial charge on any atom is 0.240 e. The number of para-hydroxylation sites is 1. The first-order valence-electron chi connectivity index (χ1n) is 7.22. The molecule has 0 aliphatic carbocycles. The van der Waals surface area contributed by atoms with Gasteiger partial charge in [0, 0.05) is 31.9 Å². The number of anilines is 1. The van der Waals surface area contributed by atoms with Gasteiger partial charge in [0.2, 0.25) is 5.89 Å². The fourth-order valence-electron chi connectivity index (χ4n) is 2.83. The molecule has 112 valence electrons. The van der Waals surface area contributed by atoms with Crippen LogP contribution in [0.15, 0.2) is 28.8 Å². The zero-order valence-corrected chi connectivity index (χ0v) is 12.5. The monoisotopic (exact) mass is 287 g/mol. The fraction of sp³-hybridized carbons (Fsp3) is 0.467. The number of aromatic nitrogens is 2. The quantitative estimate of drug-likeness (QED) is 0.919. The summed E-state index contributed by atoms with van der Waals surface area (Å²) in [7, 11) is 2.14. The predicted octanol–water partition coefficient (Wildman–Crippen LogP) is 1.37. The number of hydrogen-bond acceptors (Lipinski definition) is 6. The minimum Gasteiger partial charge on any atom is -0.373 e. The Kier molecular flexibility index (Phi) is 3.90. The van der Waals surface area contributed by atoms with Crippen LogP contribution >= 0.6 is 0 Å². The van der Waals surface area contributed by atoms with Crippen LogP contribution in [0, 0.1) is 0 Å². The van der Waals surface area contributed by atoms with Crippen molar-refractivity contribution in [3.05, 3.63) is 41.5 Å². The molecule has 0 spiro atoms. The van der Waals surface area contributed by atoms with E-state index < -0.39 is 0 Å². The first-order valence-corrected chi connectivity index (χ1v) is 7.22. The van der Waals surface area contributed by atoms with Crippen LogP contribution in [0.3, 0.4) is 0 Å². The molecule has 2 aromatic rings. The molecule has 2 N–H and O–H groups in total. The number of benzene rings is 1. The summed E-state index contributed by atoms with van der Waals surface area (Å²) < 4.78 is 5.09. The topological polar surface area (TPSA) is 71.4 Å². The van der Waals surface area contributed by atoms with Crippen molar-refractivity contribution < 1.29 is 4.52 Å². The second-order valence-electron chi connectivity index (χ2n) is 5.57. The van der Waals surface area contributed by atoms with E-state index in [2.05, 4.69) is 58.2 Å². The van der Waals surface area contributed by atoms with Crippen molar-refractivity contribution in [1.82, 2.24) is 15.0 Å². The summed E-state index contributed by atoms with van der Waals surface area (Å²) in [4.78, 5) is 8.98. The first kappa shape index (κ1) is 14.0. The maximum absolute atomic E-state index is 5.51. The molecule has 1 aromatic carbocycles. The van der Waals surface area contributed by atoms with Crippen molar-refractivity contribution in [3.63, 3.8) is 0 Å². The van der Waals surface area contributed by atoms with Gasteiger partial charge in [-0.05, 0) is 18.6 Å². The highest BCUT2D eigenvalue weighted by molar-refractivity contribution is 5.53. The van der Waals surface area contributed by atoms with E-state index in [1.54, 1.807) is 0 Å². The molecule has 0 saturated carbocycles. The zero-order chi connectivity index (χ0) is 14.8. The molecule has 0 saturated heterocycles. The van der Waals surface area contributed by atoms with Crippen LogP contribution in [0.25, 0.3) is 0 Å². The van der Waals surface area contributed by atoms with Crippen molar-refractivity contribution in [2.45, 2.75) is 32.6 Å². The maximum atomic E-state index is 5.51. The summed E-state index contributed by atoms with van der Waals surface area (Å²) in [5.41, 5.74) is 8.13. The van der Waals surface area contributed by atoms with E-state index in [0.717, 1.165) is 13.1 Å². The lowest BCUT2D eigenvalue weighted by Gasteiger charge is -2.27. The third kappa shape index (κ3) is 2.91. The van der Waals surface area contributed by atoms with Gasteiger partial charge in [-0.3, -0.25) is 4.90 Å². The van der Waals surface area contributed by atoms with E-state index in [9.17, 15) is 0 Å². The van der Waals surface area contributed by atoms with Gasteiger partial charge in [-0.2, -0.15) is 4.98 Å². The molecule has 0 radical (unpaired) electrons. The van der Waals surface area contributed by atoms with Crippen molar-refractivity contribution in [2.24, 2.45) is 5.73 Å². The van der Waals surface area contributed by atoms with Crippen LogP contribution in [0.2, 0.25) is 0 Å². The van der Waals surface area contributed by atoms with Crippen molar-refractivity contribution in [1.29, 1.82) is 0 Å². The number of nitrogens with zero attached hydrogens (tertiary/aromatic N) is 4. The van der Waals surface area contributed by atoms with Gasteiger partial charge in [-0.1, -0.05) is 23.4 Å². The molecule has 1 aliphatic rings. The van der Waals surface area contributed by atoms with Crippen LogP contribution < -0.4 is 10.6 Å². The van der Waals surface area contributed by atoms with Gasteiger partial charge in [0.15, 0.2) is 5.82 Å². The van der Waals surface area contributed by atoms with Gasteiger partial charge in [-0.15, -0.1) is 0 Å². The second kappa shape index (κ2) is 5.83. The molecule has 3 rings (SSSR count). The average molecular weight is 287 g/mol. The smallest absolute Gasteiger partial charge is 0.240 e. The molecular formula is C15H21N5O. The molecule has 0 amide bonds. The largest absolute Gasteiger partial charge is 0.373 e. The minimum atomic E-state index is 0.286. The lowest BCUT2D eigenvalue weighted by Crippen LogP contribution is -2.37. The van der Waals surface area contributed by atoms with E-state index in [1.165, 1.54) is 11.3 Å². The van der Waals surface area contributed by atoms with Crippen molar-refractivity contribution >= 4 is 5.69 Å². The average Bonchev–Trinajstić information content (AvgIpc) is 2.90. The highest BCUT2D eigenvalue weighted by Crippen LogP contribution is 2.26.